The van der Waals surface area contributed by atoms with Crippen molar-refractivity contribution < 1.29 is 8.42 Å². The molecule has 0 N–H and O–H groups in total. The summed E-state index contributed by atoms with van der Waals surface area (Å²) in [6.45, 7) is 4.78. The highest BCUT2D eigenvalue weighted by Gasteiger charge is 2.31. The van der Waals surface area contributed by atoms with Crippen LogP contribution in [0.25, 0.3) is 0 Å². The lowest BCUT2D eigenvalue weighted by molar-refractivity contribution is 0.600. The van der Waals surface area contributed by atoms with Crippen LogP contribution in [0.1, 0.15) is 18.9 Å². The molecule has 2 heterocycles. The number of aryl methyl sites for hydroxylation is 1. The van der Waals surface area contributed by atoms with Crippen molar-refractivity contribution in [3.63, 3.8) is 0 Å². The van der Waals surface area contributed by atoms with E-state index in [4.69, 9.17) is 0 Å². The maximum Gasteiger partial charge on any atom is 0.251 e. The van der Waals surface area contributed by atoms with Crippen LogP contribution in [0.4, 0.5) is 17.5 Å². The quantitative estimate of drug-likeness (QED) is 0.805. The Morgan fingerprint density at radius 1 is 1.32 bits per heavy atom. The number of rotatable bonds is 5. The summed E-state index contributed by atoms with van der Waals surface area (Å²) in [5, 5.41) is 8.26. The van der Waals surface area contributed by atoms with Crippen molar-refractivity contribution in [1.82, 2.24) is 15.2 Å². The summed E-state index contributed by atoms with van der Waals surface area (Å²) in [4.78, 5) is 8.51. The van der Waals surface area contributed by atoms with Crippen LogP contribution >= 0.6 is 0 Å². The van der Waals surface area contributed by atoms with Gasteiger partial charge in [-0.2, -0.15) is 10.1 Å². The smallest absolute Gasteiger partial charge is 0.251 e. The molecule has 1 aliphatic heterocycles. The number of sulfone groups is 1. The van der Waals surface area contributed by atoms with E-state index in [9.17, 15) is 8.42 Å². The highest BCUT2D eigenvalue weighted by molar-refractivity contribution is 7.91. The molecule has 0 saturated carbocycles. The maximum absolute atomic E-state index is 11.7. The Hall–Kier alpha value is -2.22. The average molecular weight is 361 g/mol. The van der Waals surface area contributed by atoms with E-state index in [1.54, 1.807) is 6.20 Å². The molecule has 134 valence electrons. The van der Waals surface area contributed by atoms with Crippen LogP contribution in [0.5, 0.6) is 0 Å². The van der Waals surface area contributed by atoms with Crippen molar-refractivity contribution in [2.45, 2.75) is 26.3 Å². The van der Waals surface area contributed by atoms with Gasteiger partial charge in [0.05, 0.1) is 17.7 Å². The van der Waals surface area contributed by atoms with Gasteiger partial charge in [0.25, 0.3) is 5.95 Å². The fourth-order valence-electron chi connectivity index (χ4n) is 3.07. The van der Waals surface area contributed by atoms with E-state index < -0.39 is 9.84 Å². The second-order valence-electron chi connectivity index (χ2n) is 6.37. The Balaban J connectivity index is 1.87. The molecule has 7 nitrogen and oxygen atoms in total. The molecular weight excluding hydrogens is 338 g/mol. The van der Waals surface area contributed by atoms with Crippen LogP contribution in [0.2, 0.25) is 0 Å². The molecule has 25 heavy (non-hydrogen) atoms. The van der Waals surface area contributed by atoms with Crippen LogP contribution in [0, 0.1) is 6.92 Å². The van der Waals surface area contributed by atoms with E-state index in [1.807, 2.05) is 48.9 Å². The van der Waals surface area contributed by atoms with Crippen molar-refractivity contribution in [3.8, 4) is 0 Å². The van der Waals surface area contributed by atoms with Crippen LogP contribution in [-0.2, 0) is 9.84 Å². The summed E-state index contributed by atoms with van der Waals surface area (Å²) in [5.41, 5.74) is 2.17. The lowest BCUT2D eigenvalue weighted by atomic mass is 10.2. The van der Waals surface area contributed by atoms with Crippen LogP contribution in [0.15, 0.2) is 30.5 Å². The molecule has 1 aromatic heterocycles. The highest BCUT2D eigenvalue weighted by Crippen LogP contribution is 2.25. The standard InChI is InChI=1S/C17H23N5O2S/c1-4-22(14-7-5-6-13(2)10-14)17-19-16(11-18-20-17)21(3)15-8-9-25(23,24)12-15/h5-7,10-11,15H,4,8-9,12H2,1-3H3. The Kier molecular flexibility index (Phi) is 4.89. The second kappa shape index (κ2) is 6.95. The van der Waals surface area contributed by atoms with Gasteiger partial charge in [-0.05, 0) is 38.0 Å². The van der Waals surface area contributed by atoms with Crippen LogP contribution in [0.3, 0.4) is 0 Å². The minimum Gasteiger partial charge on any atom is -0.354 e. The molecule has 3 rings (SSSR count). The van der Waals surface area contributed by atoms with Gasteiger partial charge in [0.2, 0.25) is 0 Å². The van der Waals surface area contributed by atoms with Gasteiger partial charge in [-0.15, -0.1) is 5.10 Å². The third-order valence-corrected chi connectivity index (χ3v) is 6.27. The van der Waals surface area contributed by atoms with Gasteiger partial charge in [-0.1, -0.05) is 12.1 Å². The highest BCUT2D eigenvalue weighted by atomic mass is 32.2. The summed E-state index contributed by atoms with van der Waals surface area (Å²) in [6, 6.07) is 8.07. The summed E-state index contributed by atoms with van der Waals surface area (Å²) < 4.78 is 23.5. The first kappa shape index (κ1) is 17.6. The maximum atomic E-state index is 11.7. The SMILES string of the molecule is CCN(c1cccc(C)c1)c1nncc(N(C)C2CCS(=O)(=O)C2)n1. The third-order valence-electron chi connectivity index (χ3n) is 4.52. The van der Waals surface area contributed by atoms with Crippen molar-refractivity contribution in [2.24, 2.45) is 0 Å². The van der Waals surface area contributed by atoms with Gasteiger partial charge in [-0.25, -0.2) is 8.42 Å². The molecule has 8 heteroatoms. The molecule has 0 radical (unpaired) electrons. The predicted octanol–water partition coefficient (Wildman–Crippen LogP) is 1.96. The van der Waals surface area contributed by atoms with Crippen molar-refractivity contribution in [3.05, 3.63) is 36.0 Å². The number of nitrogens with zero attached hydrogens (tertiary/aromatic N) is 5. The fraction of sp³-hybridized carbons (Fsp3) is 0.471. The Labute approximate surface area is 148 Å². The van der Waals surface area contributed by atoms with Gasteiger partial charge in [0, 0.05) is 25.3 Å². The van der Waals surface area contributed by atoms with E-state index in [0.717, 1.165) is 11.3 Å². The molecule has 2 aromatic rings. The molecule has 1 aliphatic rings. The Bertz CT molecular complexity index is 856. The number of hydrogen-bond acceptors (Lipinski definition) is 7. The molecule has 0 aliphatic carbocycles. The van der Waals surface area contributed by atoms with Gasteiger partial charge < -0.3 is 9.80 Å². The van der Waals surface area contributed by atoms with Crippen LogP contribution < -0.4 is 9.80 Å². The first-order chi connectivity index (χ1) is 11.9. The Morgan fingerprint density at radius 2 is 2.12 bits per heavy atom. The van der Waals surface area contributed by atoms with E-state index in [1.165, 1.54) is 0 Å². The second-order valence-corrected chi connectivity index (χ2v) is 8.59. The lowest BCUT2D eigenvalue weighted by Crippen LogP contribution is -2.33. The minimum atomic E-state index is -2.94. The van der Waals surface area contributed by atoms with Gasteiger partial charge in [0.15, 0.2) is 15.7 Å². The number of anilines is 3. The lowest BCUT2D eigenvalue weighted by Gasteiger charge is -2.26. The van der Waals surface area contributed by atoms with Gasteiger partial charge >= 0.3 is 0 Å². The van der Waals surface area contributed by atoms with Gasteiger partial charge in [-0.3, -0.25) is 0 Å². The normalized spacial score (nSPS) is 18.9. The topological polar surface area (TPSA) is 79.3 Å². The molecule has 1 aromatic carbocycles. The molecular formula is C17H23N5O2S. The zero-order valence-corrected chi connectivity index (χ0v) is 15.6. The average Bonchev–Trinajstić information content (AvgIpc) is 2.95. The monoisotopic (exact) mass is 361 g/mol. The van der Waals surface area contributed by atoms with E-state index in [-0.39, 0.29) is 17.5 Å². The molecule has 1 unspecified atom stereocenters. The van der Waals surface area contributed by atoms with E-state index in [0.29, 0.717) is 24.7 Å². The fourth-order valence-corrected chi connectivity index (χ4v) is 4.85. The molecule has 0 amide bonds. The summed E-state index contributed by atoms with van der Waals surface area (Å²) in [7, 11) is -1.08. The van der Waals surface area contributed by atoms with Crippen molar-refractivity contribution in [2.75, 3.05) is 34.9 Å². The molecule has 1 atom stereocenters. The van der Waals surface area contributed by atoms with Crippen molar-refractivity contribution in [1.29, 1.82) is 0 Å². The number of benzene rings is 1. The predicted molar refractivity (Wildman–Crippen MR) is 99.1 cm³/mol. The molecule has 0 bridgehead atoms. The molecule has 0 spiro atoms. The first-order valence-corrected chi connectivity index (χ1v) is 10.2. The minimum absolute atomic E-state index is 0.0661. The third kappa shape index (κ3) is 3.89. The van der Waals surface area contributed by atoms with E-state index in [2.05, 4.69) is 21.2 Å². The zero-order chi connectivity index (χ0) is 18.0. The summed E-state index contributed by atoms with van der Waals surface area (Å²) in [6.07, 6.45) is 2.20. The summed E-state index contributed by atoms with van der Waals surface area (Å²) >= 11 is 0. The van der Waals surface area contributed by atoms with Gasteiger partial charge in [0.1, 0.15) is 0 Å². The van der Waals surface area contributed by atoms with E-state index >= 15 is 0 Å². The first-order valence-electron chi connectivity index (χ1n) is 8.37. The van der Waals surface area contributed by atoms with Crippen molar-refractivity contribution >= 4 is 27.3 Å². The van der Waals surface area contributed by atoms with Crippen LogP contribution in [-0.4, -0.2) is 54.7 Å². The molecule has 1 saturated heterocycles. The number of hydrogen-bond donors (Lipinski definition) is 0. The zero-order valence-electron chi connectivity index (χ0n) is 14.8. The summed E-state index contributed by atoms with van der Waals surface area (Å²) in [5.74, 6) is 1.55. The molecule has 1 fully saturated rings. The Morgan fingerprint density at radius 3 is 2.76 bits per heavy atom. The number of aromatic nitrogens is 3. The largest absolute Gasteiger partial charge is 0.354 e.